The fraction of sp³-hybridized carbons (Fsp3) is 0.421. The zero-order valence-electron chi connectivity index (χ0n) is 14.3. The molecular formula is C19H23N5. The molecule has 124 valence electrons. The van der Waals surface area contributed by atoms with E-state index >= 15 is 0 Å². The molecule has 0 radical (unpaired) electrons. The van der Waals surface area contributed by atoms with Gasteiger partial charge in [0.2, 0.25) is 0 Å². The van der Waals surface area contributed by atoms with Crippen LogP contribution in [0.4, 0.5) is 5.82 Å². The van der Waals surface area contributed by atoms with E-state index < -0.39 is 0 Å². The Kier molecular flexibility index (Phi) is 3.92. The number of fused-ring (bicyclic) bond motifs is 1. The van der Waals surface area contributed by atoms with Gasteiger partial charge in [0.25, 0.3) is 0 Å². The number of anilines is 1. The Morgan fingerprint density at radius 3 is 2.67 bits per heavy atom. The van der Waals surface area contributed by atoms with Gasteiger partial charge in [-0.15, -0.1) is 0 Å². The van der Waals surface area contributed by atoms with Crippen LogP contribution in [0.5, 0.6) is 0 Å². The van der Waals surface area contributed by atoms with E-state index in [4.69, 9.17) is 4.98 Å². The molecule has 0 unspecified atom stereocenters. The monoisotopic (exact) mass is 321 g/mol. The number of aromatic nitrogens is 4. The molecule has 0 amide bonds. The van der Waals surface area contributed by atoms with Gasteiger partial charge in [-0.25, -0.2) is 15.0 Å². The summed E-state index contributed by atoms with van der Waals surface area (Å²) in [5.41, 5.74) is 3.41. The number of nitrogens with zero attached hydrogens (tertiary/aromatic N) is 5. The first-order chi connectivity index (χ1) is 11.8. The molecular weight excluding hydrogens is 298 g/mol. The van der Waals surface area contributed by atoms with E-state index in [2.05, 4.69) is 56.7 Å². The molecule has 1 aliphatic heterocycles. The highest BCUT2D eigenvalue weighted by atomic mass is 15.2. The van der Waals surface area contributed by atoms with Crippen LogP contribution in [0, 0.1) is 6.92 Å². The van der Waals surface area contributed by atoms with Crippen LogP contribution in [-0.4, -0.2) is 32.6 Å². The van der Waals surface area contributed by atoms with Crippen molar-refractivity contribution in [3.05, 3.63) is 48.2 Å². The number of hydrogen-bond donors (Lipinski definition) is 0. The summed E-state index contributed by atoms with van der Waals surface area (Å²) in [5.74, 6) is 2.25. The van der Waals surface area contributed by atoms with Gasteiger partial charge in [0, 0.05) is 37.3 Å². The fourth-order valence-corrected chi connectivity index (χ4v) is 3.72. The maximum Gasteiger partial charge on any atom is 0.132 e. The lowest BCUT2D eigenvalue weighted by Crippen LogP contribution is -2.35. The smallest absolute Gasteiger partial charge is 0.132 e. The number of benzene rings is 1. The Hall–Kier alpha value is -2.43. The fourth-order valence-electron chi connectivity index (χ4n) is 3.72. The van der Waals surface area contributed by atoms with Crippen LogP contribution in [0.25, 0.3) is 11.0 Å². The van der Waals surface area contributed by atoms with Gasteiger partial charge in [-0.05, 0) is 31.9 Å². The molecule has 1 fully saturated rings. The van der Waals surface area contributed by atoms with E-state index in [0.717, 1.165) is 49.4 Å². The van der Waals surface area contributed by atoms with E-state index in [0.29, 0.717) is 6.04 Å². The molecule has 1 aromatic carbocycles. The van der Waals surface area contributed by atoms with Gasteiger partial charge in [-0.3, -0.25) is 0 Å². The zero-order valence-corrected chi connectivity index (χ0v) is 14.3. The third kappa shape index (κ3) is 2.64. The van der Waals surface area contributed by atoms with Crippen molar-refractivity contribution >= 4 is 16.9 Å². The summed E-state index contributed by atoms with van der Waals surface area (Å²) in [4.78, 5) is 15.8. The molecule has 5 heteroatoms. The van der Waals surface area contributed by atoms with Gasteiger partial charge in [-0.2, -0.15) is 0 Å². The van der Waals surface area contributed by atoms with Gasteiger partial charge in [-0.1, -0.05) is 19.1 Å². The molecule has 0 aliphatic carbocycles. The number of piperidine rings is 1. The largest absolute Gasteiger partial charge is 0.356 e. The Bertz CT molecular complexity index is 846. The van der Waals surface area contributed by atoms with Gasteiger partial charge < -0.3 is 9.47 Å². The summed E-state index contributed by atoms with van der Waals surface area (Å²) < 4.78 is 2.47. The van der Waals surface area contributed by atoms with E-state index in [1.165, 1.54) is 11.3 Å². The third-order valence-electron chi connectivity index (χ3n) is 4.93. The number of aryl methyl sites for hydroxylation is 2. The minimum Gasteiger partial charge on any atom is -0.356 e. The molecule has 5 nitrogen and oxygen atoms in total. The van der Waals surface area contributed by atoms with Crippen LogP contribution in [0.1, 0.15) is 37.3 Å². The molecule has 0 N–H and O–H groups in total. The lowest BCUT2D eigenvalue weighted by Gasteiger charge is -2.34. The second-order valence-corrected chi connectivity index (χ2v) is 6.48. The number of hydrogen-bond acceptors (Lipinski definition) is 4. The van der Waals surface area contributed by atoms with Gasteiger partial charge in [0.05, 0.1) is 11.0 Å². The molecule has 0 bridgehead atoms. The summed E-state index contributed by atoms with van der Waals surface area (Å²) in [5, 5.41) is 0. The molecule has 0 atom stereocenters. The first kappa shape index (κ1) is 15.1. The van der Waals surface area contributed by atoms with Crippen LogP contribution >= 0.6 is 0 Å². The summed E-state index contributed by atoms with van der Waals surface area (Å²) in [7, 11) is 0. The van der Waals surface area contributed by atoms with E-state index in [1.54, 1.807) is 6.33 Å². The van der Waals surface area contributed by atoms with Gasteiger partial charge in [0.1, 0.15) is 18.0 Å². The lowest BCUT2D eigenvalue weighted by atomic mass is 10.0. The SMILES string of the molecule is CCc1nc2ccccc2n1C1CCN(c2cc(C)ncn2)CC1. The molecule has 3 aromatic rings. The van der Waals surface area contributed by atoms with Crippen molar-refractivity contribution in [1.82, 2.24) is 19.5 Å². The standard InChI is InChI=1S/C19H23N5/c1-3-18-22-16-6-4-5-7-17(16)24(18)15-8-10-23(11-9-15)19-12-14(2)20-13-21-19/h4-7,12-13,15H,3,8-11H2,1-2H3. The van der Waals surface area contributed by atoms with E-state index in [-0.39, 0.29) is 0 Å². The minimum atomic E-state index is 0.520. The predicted octanol–water partition coefficient (Wildman–Crippen LogP) is 3.54. The van der Waals surface area contributed by atoms with E-state index in [1.807, 2.05) is 6.92 Å². The quantitative estimate of drug-likeness (QED) is 0.740. The molecule has 0 spiro atoms. The first-order valence-corrected chi connectivity index (χ1v) is 8.75. The molecule has 1 aliphatic rings. The van der Waals surface area contributed by atoms with Crippen molar-refractivity contribution in [2.24, 2.45) is 0 Å². The van der Waals surface area contributed by atoms with Crippen LogP contribution in [0.15, 0.2) is 36.7 Å². The highest BCUT2D eigenvalue weighted by molar-refractivity contribution is 5.76. The Morgan fingerprint density at radius 1 is 1.12 bits per heavy atom. The second kappa shape index (κ2) is 6.23. The average molecular weight is 321 g/mol. The number of rotatable bonds is 3. The molecule has 4 rings (SSSR count). The van der Waals surface area contributed by atoms with Gasteiger partial charge in [0.15, 0.2) is 0 Å². The highest BCUT2D eigenvalue weighted by Gasteiger charge is 2.24. The van der Waals surface area contributed by atoms with Crippen LogP contribution < -0.4 is 4.90 Å². The molecule has 0 saturated carbocycles. The second-order valence-electron chi connectivity index (χ2n) is 6.48. The molecule has 2 aromatic heterocycles. The maximum absolute atomic E-state index is 4.82. The lowest BCUT2D eigenvalue weighted by molar-refractivity contribution is 0.394. The van der Waals surface area contributed by atoms with Crippen molar-refractivity contribution in [3.8, 4) is 0 Å². The van der Waals surface area contributed by atoms with Crippen LogP contribution in [0.2, 0.25) is 0 Å². The highest BCUT2D eigenvalue weighted by Crippen LogP contribution is 2.30. The summed E-state index contributed by atoms with van der Waals surface area (Å²) in [6.07, 6.45) is 4.88. The first-order valence-electron chi connectivity index (χ1n) is 8.75. The van der Waals surface area contributed by atoms with Crippen LogP contribution in [0.3, 0.4) is 0 Å². The Labute approximate surface area is 142 Å². The predicted molar refractivity (Wildman–Crippen MR) is 96.4 cm³/mol. The minimum absolute atomic E-state index is 0.520. The maximum atomic E-state index is 4.82. The van der Waals surface area contributed by atoms with Crippen molar-refractivity contribution in [2.45, 2.75) is 39.2 Å². The molecule has 1 saturated heterocycles. The van der Waals surface area contributed by atoms with Crippen molar-refractivity contribution in [2.75, 3.05) is 18.0 Å². The summed E-state index contributed by atoms with van der Waals surface area (Å²) >= 11 is 0. The molecule has 24 heavy (non-hydrogen) atoms. The third-order valence-corrected chi connectivity index (χ3v) is 4.93. The van der Waals surface area contributed by atoms with Gasteiger partial charge >= 0.3 is 0 Å². The Morgan fingerprint density at radius 2 is 1.92 bits per heavy atom. The zero-order chi connectivity index (χ0) is 16.5. The molecule has 3 heterocycles. The van der Waals surface area contributed by atoms with Crippen LogP contribution in [-0.2, 0) is 6.42 Å². The number of para-hydroxylation sites is 2. The van der Waals surface area contributed by atoms with E-state index in [9.17, 15) is 0 Å². The Balaban J connectivity index is 1.58. The van der Waals surface area contributed by atoms with Crippen molar-refractivity contribution in [3.63, 3.8) is 0 Å². The summed E-state index contributed by atoms with van der Waals surface area (Å²) in [6, 6.07) is 11.1. The normalized spacial score (nSPS) is 16.0. The number of imidazole rings is 1. The van der Waals surface area contributed by atoms with Crippen molar-refractivity contribution < 1.29 is 0 Å². The summed E-state index contributed by atoms with van der Waals surface area (Å²) in [6.45, 7) is 6.26. The average Bonchev–Trinajstić information content (AvgIpc) is 3.00. The van der Waals surface area contributed by atoms with Crippen molar-refractivity contribution in [1.29, 1.82) is 0 Å². The topological polar surface area (TPSA) is 46.8 Å².